The highest BCUT2D eigenvalue weighted by Crippen LogP contribution is 2.30. The molecule has 0 spiro atoms. The molecule has 1 fully saturated rings. The van der Waals surface area contributed by atoms with Gasteiger partial charge in [-0.25, -0.2) is 0 Å². The second-order valence-electron chi connectivity index (χ2n) is 4.43. The van der Waals surface area contributed by atoms with E-state index in [-0.39, 0.29) is 5.91 Å². The maximum Gasteiger partial charge on any atom is 0.256 e. The average molecular weight is 239 g/mol. The third kappa shape index (κ3) is 2.53. The second kappa shape index (κ2) is 4.42. The van der Waals surface area contributed by atoms with Crippen LogP contribution >= 0.6 is 11.6 Å². The van der Waals surface area contributed by atoms with Gasteiger partial charge in [0.25, 0.3) is 5.91 Å². The molecule has 0 atom stereocenters. The number of pyridine rings is 1. The second-order valence-corrected chi connectivity index (χ2v) is 4.84. The van der Waals surface area contributed by atoms with Crippen LogP contribution in [0.15, 0.2) is 12.3 Å². The lowest BCUT2D eigenvalue weighted by Crippen LogP contribution is -2.29. The first kappa shape index (κ1) is 11.4. The van der Waals surface area contributed by atoms with Gasteiger partial charge in [-0.3, -0.25) is 9.78 Å². The molecular formula is C12H15ClN2O. The number of carbonyl (C=O) groups excluding carboxylic acids is 1. The number of hydrogen-bond acceptors (Lipinski definition) is 2. The van der Waals surface area contributed by atoms with Crippen LogP contribution in [-0.2, 0) is 0 Å². The lowest BCUT2D eigenvalue weighted by Gasteiger charge is -2.17. The fourth-order valence-corrected chi connectivity index (χ4v) is 1.95. The molecule has 1 aromatic rings. The zero-order chi connectivity index (χ0) is 11.7. The van der Waals surface area contributed by atoms with Crippen LogP contribution in [0.2, 0.25) is 5.02 Å². The van der Waals surface area contributed by atoms with Crippen molar-refractivity contribution in [3.8, 4) is 0 Å². The number of amides is 1. The molecule has 1 aliphatic rings. The Morgan fingerprint density at radius 3 is 2.88 bits per heavy atom. The van der Waals surface area contributed by atoms with Gasteiger partial charge in [0.1, 0.15) is 0 Å². The number of hydrogen-bond donors (Lipinski definition) is 0. The number of rotatable bonds is 3. The standard InChI is InChI=1S/C12H15ClN2O/c1-8-5-11(13)10(6-14-8)12(16)15(2)7-9-3-4-9/h5-6,9H,3-4,7H2,1-2H3. The first-order chi connectivity index (χ1) is 7.58. The SMILES string of the molecule is Cc1cc(Cl)c(C(=O)N(C)CC2CC2)cn1. The molecule has 0 N–H and O–H groups in total. The molecule has 0 aliphatic heterocycles. The van der Waals surface area contributed by atoms with E-state index in [2.05, 4.69) is 4.98 Å². The normalized spacial score (nSPS) is 14.9. The summed E-state index contributed by atoms with van der Waals surface area (Å²) in [5.74, 6) is 0.649. The van der Waals surface area contributed by atoms with Crippen LogP contribution in [0.3, 0.4) is 0 Å². The van der Waals surface area contributed by atoms with Crippen molar-refractivity contribution in [2.24, 2.45) is 5.92 Å². The van der Waals surface area contributed by atoms with Gasteiger partial charge in [-0.05, 0) is 31.7 Å². The Kier molecular flexibility index (Phi) is 3.15. The van der Waals surface area contributed by atoms with Crippen LogP contribution in [0.1, 0.15) is 28.9 Å². The highest BCUT2D eigenvalue weighted by Gasteiger charge is 2.26. The highest BCUT2D eigenvalue weighted by molar-refractivity contribution is 6.33. The number of aryl methyl sites for hydroxylation is 1. The Bertz CT molecular complexity index is 415. The van der Waals surface area contributed by atoms with Crippen molar-refractivity contribution in [2.45, 2.75) is 19.8 Å². The van der Waals surface area contributed by atoms with E-state index in [9.17, 15) is 4.79 Å². The molecule has 0 bridgehead atoms. The van der Waals surface area contributed by atoms with Crippen molar-refractivity contribution < 1.29 is 4.79 Å². The van der Waals surface area contributed by atoms with E-state index in [4.69, 9.17) is 11.6 Å². The van der Waals surface area contributed by atoms with E-state index in [1.165, 1.54) is 12.8 Å². The van der Waals surface area contributed by atoms with Crippen molar-refractivity contribution in [3.05, 3.63) is 28.5 Å². The van der Waals surface area contributed by atoms with E-state index in [1.807, 2.05) is 14.0 Å². The number of halogens is 1. The van der Waals surface area contributed by atoms with Gasteiger partial charge in [0.2, 0.25) is 0 Å². The van der Waals surface area contributed by atoms with Crippen molar-refractivity contribution in [1.29, 1.82) is 0 Å². The smallest absolute Gasteiger partial charge is 0.256 e. The van der Waals surface area contributed by atoms with Gasteiger partial charge >= 0.3 is 0 Å². The number of carbonyl (C=O) groups is 1. The molecule has 1 saturated carbocycles. The van der Waals surface area contributed by atoms with Crippen LogP contribution in [0.4, 0.5) is 0 Å². The molecule has 4 heteroatoms. The van der Waals surface area contributed by atoms with Gasteiger partial charge in [-0.2, -0.15) is 0 Å². The van der Waals surface area contributed by atoms with Gasteiger partial charge in [0.15, 0.2) is 0 Å². The first-order valence-corrected chi connectivity index (χ1v) is 5.83. The predicted molar refractivity (Wildman–Crippen MR) is 63.7 cm³/mol. The molecule has 1 heterocycles. The summed E-state index contributed by atoms with van der Waals surface area (Å²) >= 11 is 6.03. The molecular weight excluding hydrogens is 224 g/mol. The molecule has 1 amide bonds. The van der Waals surface area contributed by atoms with Gasteiger partial charge in [-0.15, -0.1) is 0 Å². The Morgan fingerprint density at radius 2 is 2.31 bits per heavy atom. The average Bonchev–Trinajstić information content (AvgIpc) is 3.00. The Morgan fingerprint density at radius 1 is 1.62 bits per heavy atom. The lowest BCUT2D eigenvalue weighted by atomic mass is 10.2. The van der Waals surface area contributed by atoms with Gasteiger partial charge in [0.05, 0.1) is 10.6 Å². The summed E-state index contributed by atoms with van der Waals surface area (Å²) in [4.78, 5) is 17.9. The Hall–Kier alpha value is -1.09. The van der Waals surface area contributed by atoms with E-state index >= 15 is 0 Å². The minimum atomic E-state index is -0.0376. The molecule has 0 radical (unpaired) electrons. The molecule has 16 heavy (non-hydrogen) atoms. The lowest BCUT2D eigenvalue weighted by molar-refractivity contribution is 0.0788. The quantitative estimate of drug-likeness (QED) is 0.811. The molecule has 0 saturated heterocycles. The van der Waals surface area contributed by atoms with Crippen LogP contribution < -0.4 is 0 Å². The van der Waals surface area contributed by atoms with Gasteiger partial charge in [-0.1, -0.05) is 11.6 Å². The summed E-state index contributed by atoms with van der Waals surface area (Å²) in [6.07, 6.45) is 4.03. The maximum atomic E-state index is 12.0. The Balaban J connectivity index is 2.12. The Labute approximate surface area is 100 Å². The van der Waals surface area contributed by atoms with Crippen LogP contribution in [0, 0.1) is 12.8 Å². The third-order valence-corrected chi connectivity index (χ3v) is 3.11. The van der Waals surface area contributed by atoms with E-state index < -0.39 is 0 Å². The van der Waals surface area contributed by atoms with Crippen LogP contribution in [0.5, 0.6) is 0 Å². The van der Waals surface area contributed by atoms with Gasteiger partial charge in [0, 0.05) is 25.5 Å². The topological polar surface area (TPSA) is 33.2 Å². The molecule has 1 aromatic heterocycles. The number of nitrogens with zero attached hydrogens (tertiary/aromatic N) is 2. The summed E-state index contributed by atoms with van der Waals surface area (Å²) in [6.45, 7) is 2.68. The molecule has 0 aromatic carbocycles. The van der Waals surface area contributed by atoms with Crippen molar-refractivity contribution in [2.75, 3.05) is 13.6 Å². The zero-order valence-electron chi connectivity index (χ0n) is 9.53. The van der Waals surface area contributed by atoms with Crippen molar-refractivity contribution in [1.82, 2.24) is 9.88 Å². The summed E-state index contributed by atoms with van der Waals surface area (Å²) in [6, 6.07) is 1.72. The zero-order valence-corrected chi connectivity index (χ0v) is 10.3. The molecule has 86 valence electrons. The minimum absolute atomic E-state index is 0.0376. The maximum absolute atomic E-state index is 12.0. The van der Waals surface area contributed by atoms with E-state index in [0.717, 1.165) is 12.2 Å². The first-order valence-electron chi connectivity index (χ1n) is 5.45. The number of aromatic nitrogens is 1. The molecule has 2 rings (SSSR count). The van der Waals surface area contributed by atoms with Crippen LogP contribution in [0.25, 0.3) is 0 Å². The molecule has 0 unspecified atom stereocenters. The highest BCUT2D eigenvalue weighted by atomic mass is 35.5. The minimum Gasteiger partial charge on any atom is -0.341 e. The molecule has 1 aliphatic carbocycles. The fraction of sp³-hybridized carbons (Fsp3) is 0.500. The largest absolute Gasteiger partial charge is 0.341 e. The molecule has 3 nitrogen and oxygen atoms in total. The van der Waals surface area contributed by atoms with Crippen molar-refractivity contribution in [3.63, 3.8) is 0 Å². The van der Waals surface area contributed by atoms with Crippen molar-refractivity contribution >= 4 is 17.5 Å². The monoisotopic (exact) mass is 238 g/mol. The third-order valence-electron chi connectivity index (χ3n) is 2.80. The predicted octanol–water partition coefficient (Wildman–Crippen LogP) is 2.53. The summed E-state index contributed by atoms with van der Waals surface area (Å²) < 4.78 is 0. The van der Waals surface area contributed by atoms with E-state index in [1.54, 1.807) is 17.2 Å². The van der Waals surface area contributed by atoms with Gasteiger partial charge < -0.3 is 4.90 Å². The summed E-state index contributed by atoms with van der Waals surface area (Å²) in [7, 11) is 1.82. The summed E-state index contributed by atoms with van der Waals surface area (Å²) in [5.41, 5.74) is 1.32. The fourth-order valence-electron chi connectivity index (χ4n) is 1.66. The summed E-state index contributed by atoms with van der Waals surface area (Å²) in [5, 5.41) is 0.486. The van der Waals surface area contributed by atoms with Crippen LogP contribution in [-0.4, -0.2) is 29.4 Å². The van der Waals surface area contributed by atoms with E-state index in [0.29, 0.717) is 16.5 Å².